The summed E-state index contributed by atoms with van der Waals surface area (Å²) < 4.78 is 36.1. The quantitative estimate of drug-likeness (QED) is 0.654. The van der Waals surface area contributed by atoms with Gasteiger partial charge in [0.05, 0.1) is 0 Å². The van der Waals surface area contributed by atoms with Crippen LogP contribution < -0.4 is 5.43 Å². The lowest BCUT2D eigenvalue weighted by Gasteiger charge is -2.18. The van der Waals surface area contributed by atoms with Crippen LogP contribution in [0.2, 0.25) is 0 Å². The number of hydrogen-bond donors (Lipinski definition) is 1. The Morgan fingerprint density at radius 3 is 2.58 bits per heavy atom. The number of hydrazine groups is 1. The van der Waals surface area contributed by atoms with Gasteiger partial charge >= 0.3 is 6.30 Å². The molecule has 0 unspecified atom stereocenters. The zero-order valence-electron chi connectivity index (χ0n) is 6.99. The summed E-state index contributed by atoms with van der Waals surface area (Å²) in [6.07, 6.45) is -2.42. The second-order valence-corrected chi connectivity index (χ2v) is 3.10. The summed E-state index contributed by atoms with van der Waals surface area (Å²) in [5.41, 5.74) is 2.34. The highest BCUT2D eigenvalue weighted by molar-refractivity contribution is 4.73. The van der Waals surface area contributed by atoms with Crippen molar-refractivity contribution in [1.29, 1.82) is 0 Å². The molecule has 1 fully saturated rings. The third-order valence-electron chi connectivity index (χ3n) is 2.01. The average Bonchev–Trinajstić information content (AvgIpc) is 2.35. The van der Waals surface area contributed by atoms with Gasteiger partial charge in [-0.2, -0.15) is 18.2 Å². The number of alkyl halides is 3. The van der Waals surface area contributed by atoms with Gasteiger partial charge in [-0.15, -0.1) is 0 Å². The molecule has 1 saturated heterocycles. The van der Waals surface area contributed by atoms with Gasteiger partial charge in [-0.25, -0.2) is 5.43 Å². The normalized spacial score (nSPS) is 26.5. The standard InChI is InChI=1S/C7H13F3N2/c1-2-3-6-4-11-12(5-6)7(8,9)10/h6,11H,2-5H2,1H3/t6-/m0/s1. The van der Waals surface area contributed by atoms with Crippen molar-refractivity contribution >= 4 is 0 Å². The predicted octanol–water partition coefficient (Wildman–Crippen LogP) is 1.74. The van der Waals surface area contributed by atoms with Crippen molar-refractivity contribution < 1.29 is 13.2 Å². The van der Waals surface area contributed by atoms with Crippen molar-refractivity contribution in [3.05, 3.63) is 0 Å². The maximum Gasteiger partial charge on any atom is 0.473 e. The highest BCUT2D eigenvalue weighted by Gasteiger charge is 2.41. The summed E-state index contributed by atoms with van der Waals surface area (Å²) in [6.45, 7) is 2.53. The molecular weight excluding hydrogens is 169 g/mol. The van der Waals surface area contributed by atoms with Crippen molar-refractivity contribution in [3.8, 4) is 0 Å². The molecule has 0 saturated carbocycles. The molecule has 0 bridgehead atoms. The number of nitrogens with zero attached hydrogens (tertiary/aromatic N) is 1. The fourth-order valence-electron chi connectivity index (χ4n) is 1.42. The lowest BCUT2D eigenvalue weighted by molar-refractivity contribution is -0.255. The minimum atomic E-state index is -4.22. The van der Waals surface area contributed by atoms with E-state index in [2.05, 4.69) is 5.43 Å². The maximum atomic E-state index is 12.0. The van der Waals surface area contributed by atoms with Gasteiger partial charge in [0, 0.05) is 13.1 Å². The second kappa shape index (κ2) is 3.62. The first-order chi connectivity index (χ1) is 5.54. The molecule has 0 aromatic carbocycles. The molecule has 72 valence electrons. The largest absolute Gasteiger partial charge is 0.473 e. The Morgan fingerprint density at radius 2 is 2.17 bits per heavy atom. The molecular formula is C7H13F3N2. The van der Waals surface area contributed by atoms with Crippen LogP contribution in [-0.4, -0.2) is 24.4 Å². The van der Waals surface area contributed by atoms with Crippen LogP contribution in [0.1, 0.15) is 19.8 Å². The van der Waals surface area contributed by atoms with Gasteiger partial charge < -0.3 is 0 Å². The molecule has 0 aromatic heterocycles. The third-order valence-corrected chi connectivity index (χ3v) is 2.01. The van der Waals surface area contributed by atoms with E-state index in [1.165, 1.54) is 0 Å². The van der Waals surface area contributed by atoms with Gasteiger partial charge in [0.25, 0.3) is 0 Å². The van der Waals surface area contributed by atoms with Crippen molar-refractivity contribution in [2.75, 3.05) is 13.1 Å². The number of nitrogens with one attached hydrogen (secondary N) is 1. The SMILES string of the molecule is CCC[C@H]1CNN(C(F)(F)F)C1. The van der Waals surface area contributed by atoms with Crippen LogP contribution >= 0.6 is 0 Å². The summed E-state index contributed by atoms with van der Waals surface area (Å²) in [4.78, 5) is 0. The smallest absolute Gasteiger partial charge is 0.248 e. The topological polar surface area (TPSA) is 15.3 Å². The van der Waals surface area contributed by atoms with Gasteiger partial charge in [0.2, 0.25) is 0 Å². The van der Waals surface area contributed by atoms with E-state index < -0.39 is 6.30 Å². The molecule has 0 amide bonds. The average molecular weight is 182 g/mol. The van der Waals surface area contributed by atoms with Crippen molar-refractivity contribution in [1.82, 2.24) is 10.4 Å². The molecule has 5 heteroatoms. The number of rotatable bonds is 2. The Kier molecular flexibility index (Phi) is 2.95. The van der Waals surface area contributed by atoms with Crippen LogP contribution in [0.25, 0.3) is 0 Å². The van der Waals surface area contributed by atoms with Gasteiger partial charge in [0.1, 0.15) is 0 Å². The summed E-state index contributed by atoms with van der Waals surface area (Å²) in [7, 11) is 0. The molecule has 1 heterocycles. The van der Waals surface area contributed by atoms with E-state index in [0.717, 1.165) is 12.8 Å². The number of hydrogen-bond acceptors (Lipinski definition) is 2. The van der Waals surface area contributed by atoms with Gasteiger partial charge in [-0.05, 0) is 12.3 Å². The van der Waals surface area contributed by atoms with E-state index in [0.29, 0.717) is 11.6 Å². The van der Waals surface area contributed by atoms with E-state index in [9.17, 15) is 13.2 Å². The maximum absolute atomic E-state index is 12.0. The Labute approximate surface area is 69.7 Å². The summed E-state index contributed by atoms with van der Waals surface area (Å²) in [5, 5.41) is 0.368. The molecule has 1 rings (SSSR count). The molecule has 0 spiro atoms. The molecule has 2 nitrogen and oxygen atoms in total. The van der Waals surface area contributed by atoms with Crippen LogP contribution in [-0.2, 0) is 0 Å². The molecule has 1 aliphatic heterocycles. The third kappa shape index (κ3) is 2.35. The first-order valence-corrected chi connectivity index (χ1v) is 4.12. The van der Waals surface area contributed by atoms with E-state index in [1.54, 1.807) is 0 Å². The van der Waals surface area contributed by atoms with Crippen LogP contribution in [0.15, 0.2) is 0 Å². The lowest BCUT2D eigenvalue weighted by Crippen LogP contribution is -2.42. The Balaban J connectivity index is 2.35. The summed E-state index contributed by atoms with van der Waals surface area (Å²) >= 11 is 0. The van der Waals surface area contributed by atoms with Gasteiger partial charge in [-0.3, -0.25) is 0 Å². The molecule has 12 heavy (non-hydrogen) atoms. The van der Waals surface area contributed by atoms with E-state index in [-0.39, 0.29) is 12.5 Å². The molecule has 1 N–H and O–H groups in total. The van der Waals surface area contributed by atoms with Gasteiger partial charge in [-0.1, -0.05) is 13.3 Å². The molecule has 0 aromatic rings. The lowest BCUT2D eigenvalue weighted by atomic mass is 10.1. The zero-order chi connectivity index (χ0) is 9.19. The van der Waals surface area contributed by atoms with Crippen LogP contribution in [0.3, 0.4) is 0 Å². The van der Waals surface area contributed by atoms with Gasteiger partial charge in [0.15, 0.2) is 0 Å². The first kappa shape index (κ1) is 9.80. The van der Waals surface area contributed by atoms with E-state index in [1.807, 2.05) is 6.92 Å². The Bertz CT molecular complexity index is 146. The fourth-order valence-corrected chi connectivity index (χ4v) is 1.42. The highest BCUT2D eigenvalue weighted by atomic mass is 19.4. The van der Waals surface area contributed by atoms with E-state index in [4.69, 9.17) is 0 Å². The fraction of sp³-hybridized carbons (Fsp3) is 1.00. The minimum Gasteiger partial charge on any atom is -0.248 e. The second-order valence-electron chi connectivity index (χ2n) is 3.10. The highest BCUT2D eigenvalue weighted by Crippen LogP contribution is 2.24. The summed E-state index contributed by atoms with van der Waals surface area (Å²) in [5.74, 6) is 0.150. The predicted molar refractivity (Wildman–Crippen MR) is 39.2 cm³/mol. The molecule has 1 atom stereocenters. The van der Waals surface area contributed by atoms with Crippen molar-refractivity contribution in [3.63, 3.8) is 0 Å². The van der Waals surface area contributed by atoms with Crippen LogP contribution in [0.4, 0.5) is 13.2 Å². The Hall–Kier alpha value is -0.290. The van der Waals surface area contributed by atoms with Crippen molar-refractivity contribution in [2.45, 2.75) is 26.1 Å². The summed E-state index contributed by atoms with van der Waals surface area (Å²) in [6, 6.07) is 0. The molecule has 1 aliphatic rings. The zero-order valence-corrected chi connectivity index (χ0v) is 6.99. The minimum absolute atomic E-state index is 0.0946. The van der Waals surface area contributed by atoms with Crippen LogP contribution in [0, 0.1) is 5.92 Å². The van der Waals surface area contributed by atoms with Crippen molar-refractivity contribution in [2.24, 2.45) is 5.92 Å². The molecule has 0 radical (unpaired) electrons. The van der Waals surface area contributed by atoms with Crippen LogP contribution in [0.5, 0.6) is 0 Å². The first-order valence-electron chi connectivity index (χ1n) is 4.12. The monoisotopic (exact) mass is 182 g/mol. The number of halogens is 3. The van der Waals surface area contributed by atoms with E-state index >= 15 is 0 Å². The Morgan fingerprint density at radius 1 is 1.50 bits per heavy atom. The molecule has 0 aliphatic carbocycles.